The number of rotatable bonds is 35. The molecule has 9 heterocycles. The predicted molar refractivity (Wildman–Crippen MR) is 367 cm³/mol. The fourth-order valence-electron chi connectivity index (χ4n) is 15.2. The summed E-state index contributed by atoms with van der Waals surface area (Å²) in [5.74, 6) is -3.63. The van der Waals surface area contributed by atoms with E-state index in [4.69, 9.17) is 85.3 Å². The highest BCUT2D eigenvalue weighted by Crippen LogP contribution is 2.40. The van der Waals surface area contributed by atoms with Gasteiger partial charge in [0, 0.05) is 27.7 Å². The molecule has 9 fully saturated rings. The SMILES string of the molecule is CC(=O)N[C@H]1[C@H](O[C@H]2[C@@H](O)[C@@H](CO)O[C@@H](O[C@H]3[C@H](O)[C@@H](O)[C@H](OC[C@@H](CO)NC=O)O[C@@H]3CO)[C@@H]2O)O[C@H](CO)[C@@H](O[C@@H]2O[C@H](CO)[C@H](O)[C@H](O[C@@H]3O[C@H](CO)[C@@H](O[C@@H]4O[C@H](CO)[C@H](O)[C@H](O[C@@H]5O[C@H](CO)[C@@H](O[C@@H]6O[C@H](CO)[C@H](O)[C@H](O[C@@H]7O[C@H](CO)[C@@H](O)[C@H](O)[C@H]7NC(C)=O)[C@H]6O)[C@H](O)[C@H]5NC(C)=O)[C@H]4O)[C@H](O)[C@H]3NC(C)=O)[C@H]2O)[C@@H]1O. The lowest BCUT2D eigenvalue weighted by molar-refractivity contribution is -0.390. The van der Waals surface area contributed by atoms with Gasteiger partial charge in [0.2, 0.25) is 30.0 Å². The molecule has 0 unspecified atom stereocenters. The van der Waals surface area contributed by atoms with Gasteiger partial charge >= 0.3 is 0 Å². The summed E-state index contributed by atoms with van der Waals surface area (Å²) in [6.07, 6.45) is -82.7. The number of aliphatic hydroxyl groups is 25. The minimum Gasteiger partial charge on any atom is -0.394 e. The molecule has 0 aromatic heterocycles. The van der Waals surface area contributed by atoms with E-state index in [1.807, 2.05) is 0 Å². The molecule has 688 valence electrons. The molecule has 0 saturated carbocycles. The van der Waals surface area contributed by atoms with E-state index in [1.54, 1.807) is 0 Å². The van der Waals surface area contributed by atoms with Crippen molar-refractivity contribution in [1.82, 2.24) is 26.6 Å². The number of hydrogen-bond donors (Lipinski definition) is 30. The van der Waals surface area contributed by atoms with E-state index in [2.05, 4.69) is 26.6 Å². The van der Waals surface area contributed by atoms with Crippen LogP contribution in [0.4, 0.5) is 0 Å². The molecule has 46 atom stereocenters. The van der Waals surface area contributed by atoms with E-state index in [1.165, 1.54) is 0 Å². The van der Waals surface area contributed by atoms with Gasteiger partial charge in [-0.15, -0.1) is 0 Å². The fraction of sp³-hybridized carbons (Fsp3) is 0.924. The first-order valence-corrected chi connectivity index (χ1v) is 37.8. The number of amides is 5. The monoisotopic (exact) mass is 1740 g/mol. The third-order valence-electron chi connectivity index (χ3n) is 21.3. The van der Waals surface area contributed by atoms with Gasteiger partial charge in [0.25, 0.3) is 0 Å². The smallest absolute Gasteiger partial charge is 0.217 e. The summed E-state index contributed by atoms with van der Waals surface area (Å²) in [7, 11) is 0. The Morgan fingerprint density at radius 3 is 0.731 bits per heavy atom. The molecule has 53 heteroatoms. The van der Waals surface area contributed by atoms with Crippen molar-refractivity contribution in [1.29, 1.82) is 0 Å². The van der Waals surface area contributed by atoms with Crippen LogP contribution in [-0.4, -0.2) is 513 Å². The van der Waals surface area contributed by atoms with Gasteiger partial charge in [0.05, 0.1) is 78.7 Å². The second kappa shape index (κ2) is 44.2. The predicted octanol–water partition coefficient (Wildman–Crippen LogP) is -20.9. The molecule has 5 amide bonds. The Morgan fingerprint density at radius 2 is 0.487 bits per heavy atom. The lowest BCUT2D eigenvalue weighted by Crippen LogP contribution is -2.71. The maximum absolute atomic E-state index is 13.0. The highest BCUT2D eigenvalue weighted by molar-refractivity contribution is 5.74. The summed E-state index contributed by atoms with van der Waals surface area (Å²) in [4.78, 5) is 62.0. The Labute approximate surface area is 674 Å². The zero-order chi connectivity index (χ0) is 87.6. The van der Waals surface area contributed by atoms with Crippen LogP contribution in [0.2, 0.25) is 0 Å². The van der Waals surface area contributed by atoms with Crippen LogP contribution in [-0.2, 0) is 109 Å². The molecule has 0 aromatic carbocycles. The molecular weight excluding hydrogens is 1630 g/mol. The number of nitrogens with one attached hydrogen (secondary N) is 5. The van der Waals surface area contributed by atoms with Gasteiger partial charge in [0.1, 0.15) is 219 Å². The molecule has 9 saturated heterocycles. The minimum atomic E-state index is -2.38. The second-order valence-electron chi connectivity index (χ2n) is 29.6. The molecule has 9 aliphatic heterocycles. The third-order valence-corrected chi connectivity index (χ3v) is 21.3. The molecule has 30 N–H and O–H groups in total. The zero-order valence-electron chi connectivity index (χ0n) is 64.0. The van der Waals surface area contributed by atoms with Crippen molar-refractivity contribution in [2.45, 2.75) is 310 Å². The van der Waals surface area contributed by atoms with E-state index < -0.39 is 378 Å². The Morgan fingerprint density at radius 1 is 0.269 bits per heavy atom. The van der Waals surface area contributed by atoms with Crippen LogP contribution in [0.5, 0.6) is 0 Å². The van der Waals surface area contributed by atoms with E-state index in [0.717, 1.165) is 27.7 Å². The van der Waals surface area contributed by atoms with Gasteiger partial charge in [-0.05, 0) is 0 Å². The van der Waals surface area contributed by atoms with Crippen LogP contribution in [0.25, 0.3) is 0 Å². The summed E-state index contributed by atoms with van der Waals surface area (Å²) < 4.78 is 105. The molecule has 119 heavy (non-hydrogen) atoms. The van der Waals surface area contributed by atoms with Gasteiger partial charge in [-0.1, -0.05) is 0 Å². The van der Waals surface area contributed by atoms with Gasteiger partial charge in [0.15, 0.2) is 56.6 Å². The number of carbonyl (C=O) groups is 5. The van der Waals surface area contributed by atoms with Crippen molar-refractivity contribution in [2.75, 3.05) is 72.7 Å². The first kappa shape index (κ1) is 98.4. The molecule has 0 spiro atoms. The summed E-state index contributed by atoms with van der Waals surface area (Å²) in [6.45, 7) is -7.02. The first-order chi connectivity index (χ1) is 56.5. The topological polar surface area (TPSA) is 817 Å². The lowest BCUT2D eigenvalue weighted by Gasteiger charge is -2.51. The van der Waals surface area contributed by atoms with Crippen LogP contribution in [0.3, 0.4) is 0 Å². The zero-order valence-corrected chi connectivity index (χ0v) is 64.0. The van der Waals surface area contributed by atoms with Crippen molar-refractivity contribution in [3.05, 3.63) is 0 Å². The van der Waals surface area contributed by atoms with Crippen LogP contribution in [0, 0.1) is 0 Å². The highest BCUT2D eigenvalue weighted by atomic mass is 16.8. The number of ether oxygens (including phenoxy) is 18. The van der Waals surface area contributed by atoms with Crippen LogP contribution >= 0.6 is 0 Å². The average molecular weight is 1740 g/mol. The molecule has 0 radical (unpaired) electrons. The Kier molecular flexibility index (Phi) is 36.5. The number of carbonyl (C=O) groups excluding carboxylic acids is 5. The van der Waals surface area contributed by atoms with E-state index >= 15 is 0 Å². The molecule has 9 aliphatic rings. The third kappa shape index (κ3) is 22.4. The van der Waals surface area contributed by atoms with Gasteiger partial charge in [-0.2, -0.15) is 0 Å². The lowest BCUT2D eigenvalue weighted by atomic mass is 9.93. The van der Waals surface area contributed by atoms with Crippen molar-refractivity contribution in [3.63, 3.8) is 0 Å². The normalized spacial score (nSPS) is 46.9. The van der Waals surface area contributed by atoms with Crippen molar-refractivity contribution >= 4 is 30.0 Å². The largest absolute Gasteiger partial charge is 0.394 e. The van der Waals surface area contributed by atoms with E-state index in [0.29, 0.717) is 0 Å². The van der Waals surface area contributed by atoms with Crippen molar-refractivity contribution < 1.29 is 237 Å². The van der Waals surface area contributed by atoms with E-state index in [9.17, 15) is 152 Å². The van der Waals surface area contributed by atoms with Gasteiger partial charge in [-0.25, -0.2) is 0 Å². The Hall–Kier alpha value is -4.37. The van der Waals surface area contributed by atoms with Crippen molar-refractivity contribution in [3.8, 4) is 0 Å². The molecule has 53 nitrogen and oxygen atoms in total. The summed E-state index contributed by atoms with van der Waals surface area (Å²) in [5, 5.41) is 290. The first-order valence-electron chi connectivity index (χ1n) is 37.8. The number of aliphatic hydroxyl groups excluding tert-OH is 25. The van der Waals surface area contributed by atoms with Crippen molar-refractivity contribution in [2.24, 2.45) is 0 Å². The molecule has 0 bridgehead atoms. The Bertz CT molecular complexity index is 3160. The average Bonchev–Trinajstić information content (AvgIpc) is 0.779. The minimum absolute atomic E-state index is 0.255. The number of hydrogen-bond acceptors (Lipinski definition) is 48. The second-order valence-corrected chi connectivity index (χ2v) is 29.6. The van der Waals surface area contributed by atoms with Gasteiger partial charge < -0.3 is 240 Å². The summed E-state index contributed by atoms with van der Waals surface area (Å²) in [5.41, 5.74) is 0. The van der Waals surface area contributed by atoms with Gasteiger partial charge in [-0.3, -0.25) is 24.0 Å². The summed E-state index contributed by atoms with van der Waals surface area (Å²) >= 11 is 0. The maximum atomic E-state index is 13.0. The van der Waals surface area contributed by atoms with Crippen LogP contribution in [0.1, 0.15) is 27.7 Å². The van der Waals surface area contributed by atoms with E-state index in [-0.39, 0.29) is 6.41 Å². The molecule has 0 aliphatic carbocycles. The molecule has 9 rings (SSSR count). The highest BCUT2D eigenvalue weighted by Gasteiger charge is 2.62. The van der Waals surface area contributed by atoms with Crippen LogP contribution in [0.15, 0.2) is 0 Å². The Balaban J connectivity index is 0.886. The standard InChI is InChI=1S/C66H111N5O48/c1-17(83)68-31-40(92)35(87)22(6-73)103-58(31)116-54-36(88)23(7-74)104-63(46(54)98)112-50-27(11-78)108-59(32(41(50)93)69-18(2)84)117-55-37(89)24(8-75)105-64(47(55)99)113-51-28(12-79)109-60(33(42(51)94)70-19(3)85)118-56-38(90)25(9-76)106-65(48(56)100)114-52-29(13-80)110-61(34(43(52)95)71-20(4)86)119-57-39(91)26(10-77)107-66(49(57)101)115-53-30(14-81)111-62(45(97)44(53)96)102-15-21(5-72)67-16-82/h16,21-66,72-81,87-101H,5-15H2,1-4H3,(H,67,82)(H,68,83)(H,69,84)(H,70,85)(H,71,86)/t21-,22-,23-,24-,25-,26-,27-,28-,29-,30-,31-,32-,33-,34-,35-,36+,37+,38+,39+,40-,41-,42-,43-,44-,45-,46-,47-,48-,49-,50-,51-,52-,53-,54+,55+,56+,57+,58+,59+,60+,61+,62-,63+,64+,65+,66+/m1/s1. The molecular formula is C66H111N5O48. The quantitative estimate of drug-likeness (QED) is 0.0262. The van der Waals surface area contributed by atoms with Crippen LogP contribution < -0.4 is 26.6 Å². The summed E-state index contributed by atoms with van der Waals surface area (Å²) in [6, 6.07) is -8.45. The maximum Gasteiger partial charge on any atom is 0.217 e. The molecule has 0 aromatic rings. The fourth-order valence-corrected chi connectivity index (χ4v) is 15.2.